The van der Waals surface area contributed by atoms with Gasteiger partial charge in [-0.15, -0.1) is 0 Å². The third-order valence-electron chi connectivity index (χ3n) is 13.3. The molecule has 0 atom stereocenters. The van der Waals surface area contributed by atoms with Crippen molar-refractivity contribution < 1.29 is 0 Å². The summed E-state index contributed by atoms with van der Waals surface area (Å²) in [5.74, 6) is 0. The SMILES string of the molecule is CC1(C)c2ccccc2-c2cc3c4cc5c(cc4n(-c4ccc(N6c7ccccc7N(c7ccccc7)c7ccccc76)cc4)c3cc21)C(C)(C)c1ccccc1-5. The zero-order valence-corrected chi connectivity index (χ0v) is 32.6. The number of benzene rings is 8. The first-order valence-electron chi connectivity index (χ1n) is 20.1. The molecule has 9 aromatic rings. The largest absolute Gasteiger partial charge is 0.309 e. The molecule has 0 amide bonds. The maximum absolute atomic E-state index is 2.53. The Morgan fingerprint density at radius 3 is 1.14 bits per heavy atom. The van der Waals surface area contributed by atoms with E-state index in [9.17, 15) is 0 Å². The number of nitrogens with zero attached hydrogens (tertiary/aromatic N) is 3. The third kappa shape index (κ3) is 4.32. The lowest BCUT2D eigenvalue weighted by Gasteiger charge is -2.40. The summed E-state index contributed by atoms with van der Waals surface area (Å²) in [5.41, 5.74) is 21.3. The van der Waals surface area contributed by atoms with Gasteiger partial charge in [0, 0.05) is 38.7 Å². The lowest BCUT2D eigenvalue weighted by Crippen LogP contribution is -2.23. The molecular formula is C54H41N3. The first-order valence-corrected chi connectivity index (χ1v) is 20.1. The van der Waals surface area contributed by atoms with E-state index in [1.54, 1.807) is 0 Å². The Morgan fingerprint density at radius 1 is 0.316 bits per heavy atom. The Balaban J connectivity index is 1.07. The van der Waals surface area contributed by atoms with Crippen LogP contribution in [0.15, 0.2) is 176 Å². The van der Waals surface area contributed by atoms with Crippen LogP contribution in [-0.2, 0) is 10.8 Å². The van der Waals surface area contributed by atoms with Gasteiger partial charge in [-0.1, -0.05) is 119 Å². The van der Waals surface area contributed by atoms with Gasteiger partial charge in [0.1, 0.15) is 0 Å². The van der Waals surface area contributed by atoms with Crippen LogP contribution in [-0.4, -0.2) is 4.57 Å². The van der Waals surface area contributed by atoms with Crippen LogP contribution in [0.3, 0.4) is 0 Å². The van der Waals surface area contributed by atoms with Gasteiger partial charge in [-0.2, -0.15) is 0 Å². The van der Waals surface area contributed by atoms with Crippen LogP contribution in [0.25, 0.3) is 49.7 Å². The zero-order chi connectivity index (χ0) is 38.2. The Hall–Kier alpha value is -6.84. The predicted molar refractivity (Wildman–Crippen MR) is 239 cm³/mol. The quantitative estimate of drug-likeness (QED) is 0.179. The minimum atomic E-state index is -0.101. The maximum atomic E-state index is 2.53. The number of hydrogen-bond donors (Lipinski definition) is 0. The van der Waals surface area contributed by atoms with Crippen molar-refractivity contribution in [1.29, 1.82) is 0 Å². The standard InChI is InChI=1S/C54H41N3/c1-53(2)43-20-10-8-18-37(43)39-30-41-42-31-40-38-19-9-11-21-44(38)54(3,4)46(40)33-52(42)57(51(41)32-45(39)53)36-28-26-35(27-29-36)56-49-24-14-12-22-47(49)55(34-16-6-5-7-17-34)48-23-13-15-25-50(48)56/h5-33H,1-4H3. The van der Waals surface area contributed by atoms with Gasteiger partial charge in [0.2, 0.25) is 0 Å². The third-order valence-corrected chi connectivity index (χ3v) is 13.3. The van der Waals surface area contributed by atoms with Crippen LogP contribution in [0.1, 0.15) is 49.9 Å². The molecule has 57 heavy (non-hydrogen) atoms. The van der Waals surface area contributed by atoms with Gasteiger partial charge >= 0.3 is 0 Å². The van der Waals surface area contributed by atoms with E-state index in [1.165, 1.54) is 66.3 Å². The smallest absolute Gasteiger partial charge is 0.0703 e. The minimum absolute atomic E-state index is 0.101. The number of fused-ring (bicyclic) bond motifs is 11. The van der Waals surface area contributed by atoms with Gasteiger partial charge in [-0.3, -0.25) is 0 Å². The van der Waals surface area contributed by atoms with E-state index >= 15 is 0 Å². The molecule has 0 saturated heterocycles. The highest BCUT2D eigenvalue weighted by atomic mass is 15.3. The molecule has 0 spiro atoms. The molecule has 1 aliphatic heterocycles. The molecule has 2 aliphatic carbocycles. The van der Waals surface area contributed by atoms with Gasteiger partial charge in [0.25, 0.3) is 0 Å². The molecule has 1 aromatic heterocycles. The first-order chi connectivity index (χ1) is 27.8. The summed E-state index contributed by atoms with van der Waals surface area (Å²) in [5, 5.41) is 2.59. The molecule has 272 valence electrons. The molecule has 0 radical (unpaired) electrons. The molecule has 8 aromatic carbocycles. The Labute approximate surface area is 333 Å². The molecule has 0 fully saturated rings. The highest BCUT2D eigenvalue weighted by Gasteiger charge is 2.39. The van der Waals surface area contributed by atoms with E-state index in [0.29, 0.717) is 0 Å². The Morgan fingerprint density at radius 2 is 0.684 bits per heavy atom. The number of rotatable bonds is 3. The summed E-state index contributed by atoms with van der Waals surface area (Å²) in [6, 6.07) is 65.4. The molecule has 0 bridgehead atoms. The van der Waals surface area contributed by atoms with Gasteiger partial charge in [-0.25, -0.2) is 0 Å². The summed E-state index contributed by atoms with van der Waals surface area (Å²) in [7, 11) is 0. The number of aromatic nitrogens is 1. The van der Waals surface area contributed by atoms with Crippen molar-refractivity contribution in [3.63, 3.8) is 0 Å². The summed E-state index contributed by atoms with van der Waals surface area (Å²) in [6.45, 7) is 9.53. The van der Waals surface area contributed by atoms with Crippen molar-refractivity contribution in [3.8, 4) is 27.9 Å². The molecular weight excluding hydrogens is 691 g/mol. The highest BCUT2D eigenvalue weighted by molar-refractivity contribution is 6.14. The average molecular weight is 732 g/mol. The van der Waals surface area contributed by atoms with E-state index < -0.39 is 0 Å². The van der Waals surface area contributed by atoms with Crippen molar-refractivity contribution in [3.05, 3.63) is 198 Å². The highest BCUT2D eigenvalue weighted by Crippen LogP contribution is 2.56. The molecule has 0 saturated carbocycles. The minimum Gasteiger partial charge on any atom is -0.309 e. The summed E-state index contributed by atoms with van der Waals surface area (Å²) in [4.78, 5) is 4.79. The second-order valence-corrected chi connectivity index (χ2v) is 17.0. The first kappa shape index (κ1) is 32.4. The maximum Gasteiger partial charge on any atom is 0.0703 e. The number of hydrogen-bond acceptors (Lipinski definition) is 2. The lowest BCUT2D eigenvalue weighted by molar-refractivity contribution is 0.660. The summed E-state index contributed by atoms with van der Waals surface area (Å²) >= 11 is 0. The van der Waals surface area contributed by atoms with Crippen LogP contribution in [0.4, 0.5) is 34.1 Å². The fourth-order valence-corrected chi connectivity index (χ4v) is 10.5. The topological polar surface area (TPSA) is 11.4 Å². The fraction of sp³-hybridized carbons (Fsp3) is 0.111. The summed E-state index contributed by atoms with van der Waals surface area (Å²) in [6.07, 6.45) is 0. The monoisotopic (exact) mass is 731 g/mol. The molecule has 2 heterocycles. The van der Waals surface area contributed by atoms with Crippen LogP contribution < -0.4 is 9.80 Å². The van der Waals surface area contributed by atoms with E-state index in [0.717, 1.165) is 39.8 Å². The van der Waals surface area contributed by atoms with Crippen molar-refractivity contribution in [1.82, 2.24) is 4.57 Å². The van der Waals surface area contributed by atoms with Gasteiger partial charge < -0.3 is 14.4 Å². The average Bonchev–Trinajstić information content (AvgIpc) is 3.77. The van der Waals surface area contributed by atoms with Crippen LogP contribution in [0, 0.1) is 0 Å². The Kier molecular flexibility index (Phi) is 6.46. The summed E-state index contributed by atoms with van der Waals surface area (Å²) < 4.78 is 2.53. The van der Waals surface area contributed by atoms with Crippen LogP contribution in [0.2, 0.25) is 0 Å². The number of anilines is 6. The molecule has 3 heteroatoms. The van der Waals surface area contributed by atoms with Crippen molar-refractivity contribution in [2.24, 2.45) is 0 Å². The van der Waals surface area contributed by atoms with E-state index in [2.05, 4.69) is 218 Å². The fourth-order valence-electron chi connectivity index (χ4n) is 10.5. The van der Waals surface area contributed by atoms with E-state index in [1.807, 2.05) is 0 Å². The molecule has 0 N–H and O–H groups in total. The van der Waals surface area contributed by atoms with Crippen molar-refractivity contribution >= 4 is 55.9 Å². The zero-order valence-electron chi connectivity index (χ0n) is 32.6. The van der Waals surface area contributed by atoms with E-state index in [4.69, 9.17) is 0 Å². The molecule has 3 aliphatic rings. The number of para-hydroxylation sites is 5. The second kappa shape index (κ2) is 11.4. The van der Waals surface area contributed by atoms with Crippen LogP contribution in [0.5, 0.6) is 0 Å². The Bertz CT molecular complexity index is 2960. The molecule has 3 nitrogen and oxygen atoms in total. The predicted octanol–water partition coefficient (Wildman–Crippen LogP) is 14.6. The molecule has 12 rings (SSSR count). The normalized spacial score (nSPS) is 15.2. The van der Waals surface area contributed by atoms with Gasteiger partial charge in [-0.05, 0) is 129 Å². The second-order valence-electron chi connectivity index (χ2n) is 17.0. The van der Waals surface area contributed by atoms with Crippen molar-refractivity contribution in [2.45, 2.75) is 38.5 Å². The van der Waals surface area contributed by atoms with Gasteiger partial charge in [0.15, 0.2) is 0 Å². The lowest BCUT2D eigenvalue weighted by atomic mass is 9.82. The van der Waals surface area contributed by atoms with Crippen molar-refractivity contribution in [2.75, 3.05) is 9.80 Å². The van der Waals surface area contributed by atoms with Crippen LogP contribution >= 0.6 is 0 Å². The molecule has 0 unspecified atom stereocenters. The van der Waals surface area contributed by atoms with E-state index in [-0.39, 0.29) is 10.8 Å². The van der Waals surface area contributed by atoms with Gasteiger partial charge in [0.05, 0.1) is 33.8 Å².